The van der Waals surface area contributed by atoms with E-state index in [0.717, 1.165) is 0 Å². The van der Waals surface area contributed by atoms with Crippen molar-refractivity contribution in [1.29, 1.82) is 0 Å². The summed E-state index contributed by atoms with van der Waals surface area (Å²) in [5.74, 6) is -4.54. The number of hydrogen-bond donors (Lipinski definition) is 0. The number of rotatable bonds is 14. The molecule has 2 aliphatic heterocycles. The maximum Gasteiger partial charge on any atom is 0.338 e. The smallest absolute Gasteiger partial charge is 0.338 e. The Hall–Kier alpha value is -5.40. The molecule has 2 fully saturated rings. The summed E-state index contributed by atoms with van der Waals surface area (Å²) in [6.07, 6.45) is -3.84. The molecule has 0 aromatic heterocycles. The van der Waals surface area contributed by atoms with Crippen LogP contribution in [0.15, 0.2) is 91.0 Å². The van der Waals surface area contributed by atoms with Crippen LogP contribution in [0.4, 0.5) is 0 Å². The number of carbonyl (C=O) groups is 6. The topological polar surface area (TPSA) is 161 Å². The Morgan fingerprint density at radius 2 is 1.20 bits per heavy atom. The van der Waals surface area contributed by atoms with Crippen molar-refractivity contribution in [2.24, 2.45) is 5.92 Å². The van der Waals surface area contributed by atoms with Crippen molar-refractivity contribution in [2.75, 3.05) is 13.2 Å². The monoisotopic (exact) mass is 687 g/mol. The summed E-state index contributed by atoms with van der Waals surface area (Å²) in [5, 5.41) is 0.499. The van der Waals surface area contributed by atoms with Gasteiger partial charge in [-0.25, -0.2) is 19.2 Å². The molecule has 262 valence electrons. The van der Waals surface area contributed by atoms with Gasteiger partial charge >= 0.3 is 23.9 Å². The van der Waals surface area contributed by atoms with E-state index in [9.17, 15) is 28.8 Å². The van der Waals surface area contributed by atoms with E-state index in [1.807, 2.05) is 0 Å². The molecule has 0 saturated carbocycles. The first-order chi connectivity index (χ1) is 24.2. The summed E-state index contributed by atoms with van der Waals surface area (Å²) in [7, 11) is 0. The van der Waals surface area contributed by atoms with E-state index in [1.54, 1.807) is 97.9 Å². The number of hydrogen-bond acceptors (Lipinski definition) is 12. The van der Waals surface area contributed by atoms with Crippen LogP contribution in [0.2, 0.25) is 0 Å². The number of esters is 3. The highest BCUT2D eigenvalue weighted by Gasteiger charge is 2.49. The van der Waals surface area contributed by atoms with Gasteiger partial charge in [0.15, 0.2) is 12.4 Å². The second-order valence-corrected chi connectivity index (χ2v) is 11.7. The van der Waals surface area contributed by atoms with Gasteiger partial charge in [-0.05, 0) is 49.2 Å². The normalized spacial score (nSPS) is 21.7. The minimum absolute atomic E-state index is 0.0000567. The molecule has 0 unspecified atom stereocenters. The van der Waals surface area contributed by atoms with Gasteiger partial charge in [0.2, 0.25) is 0 Å². The molecule has 3 aromatic carbocycles. The lowest BCUT2D eigenvalue weighted by atomic mass is 9.91. The third-order valence-electron chi connectivity index (χ3n) is 8.10. The van der Waals surface area contributed by atoms with E-state index in [0.29, 0.717) is 23.5 Å². The molecule has 0 N–H and O–H groups in total. The van der Waals surface area contributed by atoms with Gasteiger partial charge in [0.25, 0.3) is 11.8 Å². The number of imide groups is 1. The highest BCUT2D eigenvalue weighted by atomic mass is 16.7. The fourth-order valence-corrected chi connectivity index (χ4v) is 5.41. The van der Waals surface area contributed by atoms with Crippen molar-refractivity contribution in [3.63, 3.8) is 0 Å². The van der Waals surface area contributed by atoms with E-state index in [4.69, 9.17) is 28.5 Å². The van der Waals surface area contributed by atoms with Crippen LogP contribution in [0.1, 0.15) is 70.1 Å². The third-order valence-corrected chi connectivity index (χ3v) is 8.10. The predicted molar refractivity (Wildman–Crippen MR) is 173 cm³/mol. The van der Waals surface area contributed by atoms with Crippen LogP contribution in [-0.2, 0) is 42.9 Å². The van der Waals surface area contributed by atoms with Crippen LogP contribution in [0.3, 0.4) is 0 Å². The zero-order chi connectivity index (χ0) is 35.5. The molecule has 13 nitrogen and oxygen atoms in total. The summed E-state index contributed by atoms with van der Waals surface area (Å²) in [5.41, 5.74) is 0.822. The molecule has 0 radical (unpaired) electrons. The highest BCUT2D eigenvalue weighted by molar-refractivity contribution is 6.01. The fourth-order valence-electron chi connectivity index (χ4n) is 5.41. The second-order valence-electron chi connectivity index (χ2n) is 11.7. The number of amides is 2. The van der Waals surface area contributed by atoms with Gasteiger partial charge < -0.3 is 28.5 Å². The van der Waals surface area contributed by atoms with Gasteiger partial charge in [-0.2, -0.15) is 0 Å². The number of nitrogens with zero attached hydrogens (tertiary/aromatic N) is 1. The van der Waals surface area contributed by atoms with E-state index < -0.39 is 66.2 Å². The number of benzene rings is 3. The molecule has 2 aliphatic rings. The van der Waals surface area contributed by atoms with Gasteiger partial charge in [-0.1, -0.05) is 61.5 Å². The number of ether oxygens (including phenoxy) is 5. The highest BCUT2D eigenvalue weighted by Crippen LogP contribution is 2.33. The fraction of sp³-hybridized carbons (Fsp3) is 0.351. The lowest BCUT2D eigenvalue weighted by Gasteiger charge is -2.44. The van der Waals surface area contributed by atoms with Crippen LogP contribution in [0.25, 0.3) is 0 Å². The maximum atomic E-state index is 13.3. The Morgan fingerprint density at radius 3 is 1.74 bits per heavy atom. The maximum absolute atomic E-state index is 13.3. The SMILES string of the molecule is C[C@H]1[C@H](OCCCCC(=O)ON2C(=O)CCC2=O)O[C@H](COC(=O)c2ccccc2)[C@H](OC(=O)c2ccccc2)[C@@H]1OC(=O)c1ccccc1. The molecule has 2 heterocycles. The summed E-state index contributed by atoms with van der Waals surface area (Å²) < 4.78 is 29.8. The van der Waals surface area contributed by atoms with E-state index in [2.05, 4.69) is 0 Å². The molecule has 50 heavy (non-hydrogen) atoms. The van der Waals surface area contributed by atoms with Crippen molar-refractivity contribution in [3.05, 3.63) is 108 Å². The molecule has 0 spiro atoms. The summed E-state index contributed by atoms with van der Waals surface area (Å²) in [6, 6.07) is 24.9. The van der Waals surface area contributed by atoms with Crippen LogP contribution in [0, 0.1) is 5.92 Å². The Balaban J connectivity index is 1.30. The Labute approximate surface area is 288 Å². The first-order valence-electron chi connectivity index (χ1n) is 16.3. The minimum atomic E-state index is -1.21. The molecule has 5 atom stereocenters. The van der Waals surface area contributed by atoms with Gasteiger partial charge in [-0.15, -0.1) is 5.06 Å². The minimum Gasteiger partial charge on any atom is -0.459 e. The molecule has 5 rings (SSSR count). The van der Waals surface area contributed by atoms with E-state index in [1.165, 1.54) is 0 Å². The molecule has 3 aromatic rings. The third kappa shape index (κ3) is 9.39. The molecular weight excluding hydrogens is 650 g/mol. The quantitative estimate of drug-likeness (QED) is 0.102. The standard InChI is InChI=1S/C37H37NO12/c1-24-32(48-35(43)26-15-7-3-8-16-26)33(49-36(44)27-17-9-4-10-18-27)28(23-46-34(42)25-13-5-2-6-14-25)47-37(24)45-22-12-11-19-31(41)50-38-29(39)20-21-30(38)40/h2-10,13-18,24,28,32-33,37H,11-12,19-23H2,1H3/t24-,28-,32-,33+,37-/m1/s1. The molecule has 2 saturated heterocycles. The van der Waals surface area contributed by atoms with E-state index >= 15 is 0 Å². The molecule has 0 aliphatic carbocycles. The molecule has 13 heteroatoms. The van der Waals surface area contributed by atoms with Crippen LogP contribution < -0.4 is 0 Å². The summed E-state index contributed by atoms with van der Waals surface area (Å²) in [6.45, 7) is 1.44. The van der Waals surface area contributed by atoms with Crippen LogP contribution in [-0.4, -0.2) is 78.6 Å². The number of unbranched alkanes of at least 4 members (excludes halogenated alkanes) is 1. The van der Waals surface area contributed by atoms with Crippen molar-refractivity contribution >= 4 is 35.7 Å². The Kier molecular flexibility index (Phi) is 12.4. The molecular formula is C37H37NO12. The van der Waals surface area contributed by atoms with Gasteiger partial charge in [-0.3, -0.25) is 9.59 Å². The van der Waals surface area contributed by atoms with Gasteiger partial charge in [0, 0.05) is 31.8 Å². The second kappa shape index (κ2) is 17.3. The number of hydroxylamine groups is 2. The average Bonchev–Trinajstić information content (AvgIpc) is 3.46. The Bertz CT molecular complexity index is 1630. The zero-order valence-corrected chi connectivity index (χ0v) is 27.3. The van der Waals surface area contributed by atoms with Crippen molar-refractivity contribution in [3.8, 4) is 0 Å². The molecule has 2 amide bonds. The van der Waals surface area contributed by atoms with Gasteiger partial charge in [0.1, 0.15) is 18.8 Å². The summed E-state index contributed by atoms with van der Waals surface area (Å²) in [4.78, 5) is 80.1. The lowest BCUT2D eigenvalue weighted by molar-refractivity contribution is -0.281. The van der Waals surface area contributed by atoms with Crippen LogP contribution >= 0.6 is 0 Å². The van der Waals surface area contributed by atoms with Crippen LogP contribution in [0.5, 0.6) is 0 Å². The van der Waals surface area contributed by atoms with Gasteiger partial charge in [0.05, 0.1) is 16.7 Å². The summed E-state index contributed by atoms with van der Waals surface area (Å²) >= 11 is 0. The predicted octanol–water partition coefficient (Wildman–Crippen LogP) is 4.45. The molecule has 0 bridgehead atoms. The first kappa shape index (κ1) is 35.9. The number of carbonyl (C=O) groups excluding carboxylic acids is 6. The zero-order valence-electron chi connectivity index (χ0n) is 27.3. The van der Waals surface area contributed by atoms with E-state index in [-0.39, 0.29) is 43.6 Å². The average molecular weight is 688 g/mol. The van der Waals surface area contributed by atoms with Crippen molar-refractivity contribution in [1.82, 2.24) is 5.06 Å². The largest absolute Gasteiger partial charge is 0.459 e. The lowest BCUT2D eigenvalue weighted by Crippen LogP contribution is -2.58. The van der Waals surface area contributed by atoms with Crippen molar-refractivity contribution in [2.45, 2.75) is 63.6 Å². The first-order valence-corrected chi connectivity index (χ1v) is 16.3. The Morgan fingerprint density at radius 1 is 0.700 bits per heavy atom. The van der Waals surface area contributed by atoms with Crippen molar-refractivity contribution < 1.29 is 57.3 Å².